The van der Waals surface area contributed by atoms with Gasteiger partial charge in [0.2, 0.25) is 0 Å². The van der Waals surface area contributed by atoms with Gasteiger partial charge in [0.05, 0.1) is 11.9 Å². The Kier molecular flexibility index (Phi) is 4.14. The molecule has 0 atom stereocenters. The van der Waals surface area contributed by atoms with Gasteiger partial charge in [-0.3, -0.25) is 4.79 Å². The monoisotopic (exact) mass is 310 g/mol. The third-order valence-corrected chi connectivity index (χ3v) is 3.41. The van der Waals surface area contributed by atoms with E-state index >= 15 is 0 Å². The summed E-state index contributed by atoms with van der Waals surface area (Å²) in [6, 6.07) is 15.5. The number of hydrogen-bond acceptors (Lipinski definition) is 3. The maximum absolute atomic E-state index is 12.9. The number of rotatable bonds is 4. The molecule has 0 aliphatic heterocycles. The third kappa shape index (κ3) is 3.42. The molecule has 2 aromatic carbocycles. The predicted molar refractivity (Wildman–Crippen MR) is 83.6 cm³/mol. The summed E-state index contributed by atoms with van der Waals surface area (Å²) in [5, 5.41) is 7.91. The normalized spacial score (nSPS) is 10.5. The van der Waals surface area contributed by atoms with Crippen LogP contribution in [0.2, 0.25) is 0 Å². The van der Waals surface area contributed by atoms with Crippen LogP contribution in [0.3, 0.4) is 0 Å². The number of nitrogens with zero attached hydrogens (tertiary/aromatic N) is 4. The van der Waals surface area contributed by atoms with Crippen LogP contribution in [0.1, 0.15) is 16.1 Å². The van der Waals surface area contributed by atoms with Crippen molar-refractivity contribution in [1.82, 2.24) is 19.9 Å². The summed E-state index contributed by atoms with van der Waals surface area (Å²) in [4.78, 5) is 13.9. The van der Waals surface area contributed by atoms with E-state index in [4.69, 9.17) is 0 Å². The zero-order valence-corrected chi connectivity index (χ0v) is 12.6. The second-order valence-electron chi connectivity index (χ2n) is 5.17. The smallest absolute Gasteiger partial charge is 0.276 e. The number of para-hydroxylation sites is 1. The molecule has 0 saturated carbocycles. The van der Waals surface area contributed by atoms with E-state index in [9.17, 15) is 9.18 Å². The van der Waals surface area contributed by atoms with Gasteiger partial charge < -0.3 is 4.90 Å². The van der Waals surface area contributed by atoms with Crippen LogP contribution < -0.4 is 0 Å². The molecular formula is C17H15FN4O. The number of halogens is 1. The summed E-state index contributed by atoms with van der Waals surface area (Å²) in [5.74, 6) is -0.537. The first kappa shape index (κ1) is 14.9. The van der Waals surface area contributed by atoms with Crippen LogP contribution in [-0.2, 0) is 6.54 Å². The van der Waals surface area contributed by atoms with E-state index in [0.717, 1.165) is 11.3 Å². The van der Waals surface area contributed by atoms with Crippen molar-refractivity contribution in [3.05, 3.63) is 77.9 Å². The van der Waals surface area contributed by atoms with Crippen LogP contribution in [0.4, 0.5) is 4.39 Å². The van der Waals surface area contributed by atoms with Gasteiger partial charge in [-0.2, -0.15) is 0 Å². The number of carbonyl (C=O) groups is 1. The predicted octanol–water partition coefficient (Wildman–Crippen LogP) is 2.68. The molecule has 0 bridgehead atoms. The van der Waals surface area contributed by atoms with E-state index in [2.05, 4.69) is 10.3 Å². The fourth-order valence-corrected chi connectivity index (χ4v) is 2.20. The number of aromatic nitrogens is 3. The van der Waals surface area contributed by atoms with Gasteiger partial charge in [0.25, 0.3) is 5.91 Å². The van der Waals surface area contributed by atoms with Gasteiger partial charge in [0, 0.05) is 13.6 Å². The van der Waals surface area contributed by atoms with Gasteiger partial charge in [-0.05, 0) is 29.8 Å². The van der Waals surface area contributed by atoms with E-state index < -0.39 is 0 Å². The second kappa shape index (κ2) is 6.39. The molecule has 0 spiro atoms. The highest BCUT2D eigenvalue weighted by Gasteiger charge is 2.16. The standard InChI is InChI=1S/C17H15FN4O/c1-21(11-13-7-9-14(18)10-8-13)17(23)16-12-22(20-19-16)15-5-3-2-4-6-15/h2-10,12H,11H2,1H3. The molecule has 3 rings (SSSR count). The molecule has 23 heavy (non-hydrogen) atoms. The molecule has 6 heteroatoms. The molecule has 0 unspecified atom stereocenters. The molecule has 116 valence electrons. The van der Waals surface area contributed by atoms with Crippen LogP contribution in [-0.4, -0.2) is 32.8 Å². The number of benzene rings is 2. The minimum Gasteiger partial charge on any atom is -0.336 e. The maximum atomic E-state index is 12.9. The first-order valence-electron chi connectivity index (χ1n) is 7.11. The summed E-state index contributed by atoms with van der Waals surface area (Å²) in [6.07, 6.45) is 1.60. The molecule has 0 aliphatic carbocycles. The van der Waals surface area contributed by atoms with Crippen LogP contribution >= 0.6 is 0 Å². The minimum absolute atomic E-state index is 0.239. The first-order chi connectivity index (χ1) is 11.1. The van der Waals surface area contributed by atoms with Gasteiger partial charge in [-0.25, -0.2) is 9.07 Å². The van der Waals surface area contributed by atoms with E-state index in [-0.39, 0.29) is 17.4 Å². The Morgan fingerprint density at radius 1 is 1.13 bits per heavy atom. The van der Waals surface area contributed by atoms with E-state index in [0.29, 0.717) is 6.54 Å². The van der Waals surface area contributed by atoms with Gasteiger partial charge in [-0.1, -0.05) is 35.5 Å². The van der Waals surface area contributed by atoms with Crippen molar-refractivity contribution in [3.8, 4) is 5.69 Å². The lowest BCUT2D eigenvalue weighted by Crippen LogP contribution is -2.26. The highest BCUT2D eigenvalue weighted by atomic mass is 19.1. The van der Waals surface area contributed by atoms with Crippen molar-refractivity contribution in [2.75, 3.05) is 7.05 Å². The zero-order valence-electron chi connectivity index (χ0n) is 12.6. The van der Waals surface area contributed by atoms with Gasteiger partial charge in [-0.15, -0.1) is 5.10 Å². The topological polar surface area (TPSA) is 51.0 Å². The fourth-order valence-electron chi connectivity index (χ4n) is 2.20. The van der Waals surface area contributed by atoms with Gasteiger partial charge in [0.1, 0.15) is 5.82 Å². The Labute approximate surface area is 133 Å². The molecular weight excluding hydrogens is 295 g/mol. The Balaban J connectivity index is 1.72. The lowest BCUT2D eigenvalue weighted by Gasteiger charge is -2.15. The molecule has 0 radical (unpaired) electrons. The summed E-state index contributed by atoms with van der Waals surface area (Å²) in [6.45, 7) is 0.372. The number of amides is 1. The Morgan fingerprint density at radius 2 is 1.83 bits per heavy atom. The number of carbonyl (C=O) groups excluding carboxylic acids is 1. The SMILES string of the molecule is CN(Cc1ccc(F)cc1)C(=O)c1cn(-c2ccccc2)nn1. The molecule has 0 saturated heterocycles. The van der Waals surface area contributed by atoms with Crippen LogP contribution in [0.15, 0.2) is 60.8 Å². The average Bonchev–Trinajstić information content (AvgIpc) is 3.07. The highest BCUT2D eigenvalue weighted by Crippen LogP contribution is 2.10. The summed E-state index contributed by atoms with van der Waals surface area (Å²) in [7, 11) is 1.67. The first-order valence-corrected chi connectivity index (χ1v) is 7.11. The molecule has 0 N–H and O–H groups in total. The van der Waals surface area contributed by atoms with Crippen LogP contribution in [0, 0.1) is 5.82 Å². The highest BCUT2D eigenvalue weighted by molar-refractivity contribution is 5.91. The van der Waals surface area contributed by atoms with Gasteiger partial charge >= 0.3 is 0 Å². The largest absolute Gasteiger partial charge is 0.336 e. The quantitative estimate of drug-likeness (QED) is 0.744. The van der Waals surface area contributed by atoms with Crippen molar-refractivity contribution < 1.29 is 9.18 Å². The summed E-state index contributed by atoms with van der Waals surface area (Å²) >= 11 is 0. The molecule has 1 amide bonds. The third-order valence-electron chi connectivity index (χ3n) is 3.41. The second-order valence-corrected chi connectivity index (χ2v) is 5.17. The van der Waals surface area contributed by atoms with Crippen molar-refractivity contribution in [2.45, 2.75) is 6.54 Å². The molecule has 1 heterocycles. The Morgan fingerprint density at radius 3 is 2.52 bits per heavy atom. The summed E-state index contributed by atoms with van der Waals surface area (Å²) in [5.41, 5.74) is 1.94. The van der Waals surface area contributed by atoms with E-state index in [1.165, 1.54) is 17.0 Å². The minimum atomic E-state index is -0.298. The molecule has 1 aromatic heterocycles. The number of hydrogen-bond donors (Lipinski definition) is 0. The van der Waals surface area contributed by atoms with Crippen molar-refractivity contribution >= 4 is 5.91 Å². The molecule has 5 nitrogen and oxygen atoms in total. The average molecular weight is 310 g/mol. The van der Waals surface area contributed by atoms with Crippen molar-refractivity contribution in [2.24, 2.45) is 0 Å². The van der Waals surface area contributed by atoms with E-state index in [1.54, 1.807) is 30.1 Å². The molecule has 3 aromatic rings. The van der Waals surface area contributed by atoms with Gasteiger partial charge in [0.15, 0.2) is 5.69 Å². The fraction of sp³-hybridized carbons (Fsp3) is 0.118. The summed E-state index contributed by atoms with van der Waals surface area (Å²) < 4.78 is 14.5. The molecule has 0 fully saturated rings. The van der Waals surface area contributed by atoms with Crippen LogP contribution in [0.5, 0.6) is 0 Å². The van der Waals surface area contributed by atoms with Crippen LogP contribution in [0.25, 0.3) is 5.69 Å². The molecule has 0 aliphatic rings. The Bertz CT molecular complexity index is 799. The Hall–Kier alpha value is -3.02. The zero-order chi connectivity index (χ0) is 16.2. The lowest BCUT2D eigenvalue weighted by atomic mass is 10.2. The maximum Gasteiger partial charge on any atom is 0.276 e. The van der Waals surface area contributed by atoms with Crippen molar-refractivity contribution in [3.63, 3.8) is 0 Å². The van der Waals surface area contributed by atoms with Crippen molar-refractivity contribution in [1.29, 1.82) is 0 Å². The lowest BCUT2D eigenvalue weighted by molar-refractivity contribution is 0.0779. The van der Waals surface area contributed by atoms with E-state index in [1.807, 2.05) is 30.3 Å².